The molecule has 0 radical (unpaired) electrons. The van der Waals surface area contributed by atoms with Gasteiger partial charge in [-0.15, -0.1) is 0 Å². The van der Waals surface area contributed by atoms with Gasteiger partial charge in [0, 0.05) is 29.2 Å². The Balaban J connectivity index is 2.76. The Hall–Kier alpha value is -0.580. The lowest BCUT2D eigenvalue weighted by Gasteiger charge is -2.30. The molecule has 1 N–H and O–H groups in total. The van der Waals surface area contributed by atoms with Crippen molar-refractivity contribution in [3.63, 3.8) is 0 Å². The van der Waals surface area contributed by atoms with Gasteiger partial charge in [-0.25, -0.2) is 0 Å². The fraction of sp³-hybridized carbons (Fsp3) is 0.571. The van der Waals surface area contributed by atoms with E-state index in [9.17, 15) is 5.11 Å². The maximum Gasteiger partial charge on any atom is 0.120 e. The summed E-state index contributed by atoms with van der Waals surface area (Å²) >= 11 is 3.45. The summed E-state index contributed by atoms with van der Waals surface area (Å²) < 4.78 is 1.01. The highest BCUT2D eigenvalue weighted by molar-refractivity contribution is 9.10. The van der Waals surface area contributed by atoms with Crippen molar-refractivity contribution >= 4 is 15.9 Å². The van der Waals surface area contributed by atoms with E-state index >= 15 is 0 Å². The van der Waals surface area contributed by atoms with Crippen LogP contribution in [0.15, 0.2) is 22.7 Å². The molecule has 1 atom stereocenters. The molecular formula is C14H23BrN2O. The van der Waals surface area contributed by atoms with Gasteiger partial charge in [0.1, 0.15) is 5.75 Å². The summed E-state index contributed by atoms with van der Waals surface area (Å²) in [7, 11) is 4.17. The Morgan fingerprint density at radius 3 is 2.56 bits per heavy atom. The molecule has 102 valence electrons. The van der Waals surface area contributed by atoms with Gasteiger partial charge in [0.15, 0.2) is 0 Å². The molecule has 0 spiro atoms. The molecule has 0 aromatic heterocycles. The Kier molecular flexibility index (Phi) is 6.12. The van der Waals surface area contributed by atoms with Crippen LogP contribution in [0.1, 0.15) is 19.4 Å². The molecule has 0 saturated carbocycles. The Morgan fingerprint density at radius 1 is 1.33 bits per heavy atom. The highest BCUT2D eigenvalue weighted by atomic mass is 79.9. The zero-order chi connectivity index (χ0) is 13.7. The van der Waals surface area contributed by atoms with E-state index in [1.807, 2.05) is 12.1 Å². The van der Waals surface area contributed by atoms with Crippen molar-refractivity contribution < 1.29 is 5.11 Å². The number of aromatic hydroxyl groups is 1. The summed E-state index contributed by atoms with van der Waals surface area (Å²) in [6.45, 7) is 7.14. The van der Waals surface area contributed by atoms with Crippen LogP contribution in [0.4, 0.5) is 0 Å². The topological polar surface area (TPSA) is 26.7 Å². The Morgan fingerprint density at radius 2 is 2.00 bits per heavy atom. The Bertz CT molecular complexity index is 382. The molecule has 0 fully saturated rings. The Labute approximate surface area is 119 Å². The highest BCUT2D eigenvalue weighted by Crippen LogP contribution is 2.23. The summed E-state index contributed by atoms with van der Waals surface area (Å²) in [6.07, 6.45) is 0. The van der Waals surface area contributed by atoms with E-state index in [1.165, 1.54) is 0 Å². The standard InChI is InChI=1S/C14H23BrN2O/c1-5-17(11(2)9-16(3)4)10-12-8-13(15)6-7-14(12)18/h6-8,11,18H,5,9-10H2,1-4H3. The zero-order valence-electron chi connectivity index (χ0n) is 11.7. The van der Waals surface area contributed by atoms with E-state index < -0.39 is 0 Å². The molecule has 18 heavy (non-hydrogen) atoms. The van der Waals surface area contributed by atoms with Crippen LogP contribution in [-0.4, -0.2) is 48.1 Å². The van der Waals surface area contributed by atoms with Gasteiger partial charge in [0.25, 0.3) is 0 Å². The number of phenolic OH excluding ortho intramolecular Hbond substituents is 1. The summed E-state index contributed by atoms with van der Waals surface area (Å²) in [4.78, 5) is 4.55. The first-order valence-electron chi connectivity index (χ1n) is 6.30. The SMILES string of the molecule is CCN(Cc1cc(Br)ccc1O)C(C)CN(C)C. The van der Waals surface area contributed by atoms with Crippen LogP contribution in [0.5, 0.6) is 5.75 Å². The van der Waals surface area contributed by atoms with Gasteiger partial charge in [0.05, 0.1) is 0 Å². The minimum atomic E-state index is 0.369. The molecule has 1 unspecified atom stereocenters. The van der Waals surface area contributed by atoms with Gasteiger partial charge < -0.3 is 10.0 Å². The second-order valence-electron chi connectivity index (χ2n) is 4.95. The fourth-order valence-electron chi connectivity index (χ4n) is 2.12. The minimum Gasteiger partial charge on any atom is -0.508 e. The number of nitrogens with zero attached hydrogens (tertiary/aromatic N) is 2. The maximum atomic E-state index is 9.89. The highest BCUT2D eigenvalue weighted by Gasteiger charge is 2.15. The first kappa shape index (κ1) is 15.5. The molecular weight excluding hydrogens is 292 g/mol. The van der Waals surface area contributed by atoms with Crippen molar-refractivity contribution in [1.82, 2.24) is 9.80 Å². The average molecular weight is 315 g/mol. The zero-order valence-corrected chi connectivity index (χ0v) is 13.2. The van der Waals surface area contributed by atoms with E-state index in [4.69, 9.17) is 0 Å². The van der Waals surface area contributed by atoms with Crippen molar-refractivity contribution in [3.8, 4) is 5.75 Å². The van der Waals surface area contributed by atoms with Crippen LogP contribution in [0.25, 0.3) is 0 Å². The number of likely N-dealkylation sites (N-methyl/N-ethyl adjacent to an activating group) is 2. The second-order valence-corrected chi connectivity index (χ2v) is 5.86. The van der Waals surface area contributed by atoms with Crippen molar-refractivity contribution in [2.75, 3.05) is 27.2 Å². The molecule has 0 saturated heterocycles. The van der Waals surface area contributed by atoms with Gasteiger partial charge >= 0.3 is 0 Å². The van der Waals surface area contributed by atoms with Crippen molar-refractivity contribution in [1.29, 1.82) is 0 Å². The smallest absolute Gasteiger partial charge is 0.120 e. The monoisotopic (exact) mass is 314 g/mol. The predicted octanol–water partition coefficient (Wildman–Crippen LogP) is 2.93. The minimum absolute atomic E-state index is 0.369. The van der Waals surface area contributed by atoms with Gasteiger partial charge in [-0.3, -0.25) is 4.90 Å². The van der Waals surface area contributed by atoms with Crippen molar-refractivity contribution in [2.24, 2.45) is 0 Å². The third kappa shape index (κ3) is 4.59. The maximum absolute atomic E-state index is 9.89. The predicted molar refractivity (Wildman–Crippen MR) is 79.9 cm³/mol. The molecule has 0 aliphatic heterocycles. The van der Waals surface area contributed by atoms with E-state index in [0.29, 0.717) is 11.8 Å². The van der Waals surface area contributed by atoms with Gasteiger partial charge in [-0.2, -0.15) is 0 Å². The van der Waals surface area contributed by atoms with E-state index in [2.05, 4.69) is 53.7 Å². The molecule has 0 aliphatic carbocycles. The molecule has 0 heterocycles. The fourth-order valence-corrected chi connectivity index (χ4v) is 2.53. The number of hydrogen-bond acceptors (Lipinski definition) is 3. The van der Waals surface area contributed by atoms with Crippen LogP contribution >= 0.6 is 15.9 Å². The third-order valence-electron chi connectivity index (χ3n) is 3.07. The van der Waals surface area contributed by atoms with E-state index in [1.54, 1.807) is 6.07 Å². The van der Waals surface area contributed by atoms with Crippen molar-refractivity contribution in [3.05, 3.63) is 28.2 Å². The van der Waals surface area contributed by atoms with Crippen LogP contribution in [0, 0.1) is 0 Å². The number of benzene rings is 1. The second kappa shape index (κ2) is 7.12. The summed E-state index contributed by atoms with van der Waals surface area (Å²) in [6, 6.07) is 6.05. The van der Waals surface area contributed by atoms with E-state index in [-0.39, 0.29) is 0 Å². The van der Waals surface area contributed by atoms with Crippen LogP contribution in [0.3, 0.4) is 0 Å². The quantitative estimate of drug-likeness (QED) is 0.874. The lowest BCUT2D eigenvalue weighted by Crippen LogP contribution is -2.39. The summed E-state index contributed by atoms with van der Waals surface area (Å²) in [5.74, 6) is 0.369. The molecule has 0 aliphatic rings. The van der Waals surface area contributed by atoms with Gasteiger partial charge in [-0.05, 0) is 45.8 Å². The molecule has 3 nitrogen and oxygen atoms in total. The van der Waals surface area contributed by atoms with Gasteiger partial charge in [-0.1, -0.05) is 22.9 Å². The number of phenols is 1. The first-order valence-corrected chi connectivity index (χ1v) is 7.09. The lowest BCUT2D eigenvalue weighted by atomic mass is 10.1. The molecule has 4 heteroatoms. The lowest BCUT2D eigenvalue weighted by molar-refractivity contribution is 0.173. The molecule has 1 aromatic carbocycles. The third-order valence-corrected chi connectivity index (χ3v) is 3.57. The largest absolute Gasteiger partial charge is 0.508 e. The molecule has 1 rings (SSSR count). The summed E-state index contributed by atoms with van der Waals surface area (Å²) in [5.41, 5.74) is 0.969. The number of rotatable bonds is 6. The first-order chi connectivity index (χ1) is 8.43. The normalized spacial score (nSPS) is 13.3. The summed E-state index contributed by atoms with van der Waals surface area (Å²) in [5, 5.41) is 9.89. The van der Waals surface area contributed by atoms with Crippen LogP contribution in [0.2, 0.25) is 0 Å². The van der Waals surface area contributed by atoms with E-state index in [0.717, 1.165) is 29.7 Å². The van der Waals surface area contributed by atoms with Gasteiger partial charge in [0.2, 0.25) is 0 Å². The molecule has 0 amide bonds. The van der Waals surface area contributed by atoms with Crippen molar-refractivity contribution in [2.45, 2.75) is 26.4 Å². The van der Waals surface area contributed by atoms with Crippen LogP contribution in [-0.2, 0) is 6.54 Å². The number of hydrogen-bond donors (Lipinski definition) is 1. The molecule has 0 bridgehead atoms. The van der Waals surface area contributed by atoms with Crippen LogP contribution < -0.4 is 0 Å². The molecule has 1 aromatic rings. The number of halogens is 1. The average Bonchev–Trinajstić information content (AvgIpc) is 2.29.